The van der Waals surface area contributed by atoms with Crippen LogP contribution in [0.1, 0.15) is 44.9 Å². The van der Waals surface area contributed by atoms with Crippen LogP contribution in [0.4, 0.5) is 4.79 Å². The van der Waals surface area contributed by atoms with Crippen LogP contribution in [0.15, 0.2) is 10.7 Å². The highest BCUT2D eigenvalue weighted by Gasteiger charge is 2.29. The van der Waals surface area contributed by atoms with Crippen molar-refractivity contribution in [3.05, 3.63) is 21.9 Å². The number of nitrogens with zero attached hydrogens (tertiary/aromatic N) is 3. The second-order valence-electron chi connectivity index (χ2n) is 6.86. The molecule has 0 aliphatic carbocycles. The van der Waals surface area contributed by atoms with Gasteiger partial charge < -0.3 is 14.4 Å². The van der Waals surface area contributed by atoms with Gasteiger partial charge in [-0.3, -0.25) is 0 Å². The number of piperidine rings is 1. The average Bonchev–Trinajstić information content (AvgIpc) is 2.49. The molecule has 1 aromatic heterocycles. The van der Waals surface area contributed by atoms with Crippen molar-refractivity contribution in [1.29, 1.82) is 5.26 Å². The molecule has 1 aromatic rings. The third-order valence-electron chi connectivity index (χ3n) is 3.55. The molecular formula is C17H22BrN3O3. The number of carbonyl (C=O) groups is 1. The summed E-state index contributed by atoms with van der Waals surface area (Å²) in [4.78, 5) is 18.0. The van der Waals surface area contributed by atoms with Crippen molar-refractivity contribution < 1.29 is 14.3 Å². The van der Waals surface area contributed by atoms with Gasteiger partial charge in [-0.2, -0.15) is 5.26 Å². The Morgan fingerprint density at radius 1 is 1.50 bits per heavy atom. The minimum atomic E-state index is -0.512. The molecule has 0 unspecified atom stereocenters. The number of ether oxygens (including phenoxy) is 2. The Bertz CT molecular complexity index is 641. The molecule has 1 fully saturated rings. The number of rotatable bonds is 2. The Morgan fingerprint density at radius 3 is 2.79 bits per heavy atom. The van der Waals surface area contributed by atoms with E-state index in [1.54, 1.807) is 11.0 Å². The van der Waals surface area contributed by atoms with Gasteiger partial charge in [0.15, 0.2) is 5.75 Å². The maximum atomic E-state index is 12.2. The molecule has 1 saturated heterocycles. The van der Waals surface area contributed by atoms with Gasteiger partial charge in [0, 0.05) is 6.54 Å². The molecule has 0 N–H and O–H groups in total. The van der Waals surface area contributed by atoms with Crippen LogP contribution < -0.4 is 4.74 Å². The summed E-state index contributed by atoms with van der Waals surface area (Å²) in [5, 5.41) is 8.96. The van der Waals surface area contributed by atoms with E-state index in [-0.39, 0.29) is 12.2 Å². The van der Waals surface area contributed by atoms with Crippen LogP contribution in [0.3, 0.4) is 0 Å². The maximum Gasteiger partial charge on any atom is 0.410 e. The van der Waals surface area contributed by atoms with Crippen molar-refractivity contribution in [2.75, 3.05) is 13.1 Å². The van der Waals surface area contributed by atoms with E-state index >= 15 is 0 Å². The van der Waals surface area contributed by atoms with Gasteiger partial charge >= 0.3 is 6.09 Å². The van der Waals surface area contributed by atoms with Gasteiger partial charge in [0.2, 0.25) is 0 Å². The molecule has 24 heavy (non-hydrogen) atoms. The fourth-order valence-corrected chi connectivity index (χ4v) is 3.11. The molecule has 0 radical (unpaired) electrons. The van der Waals surface area contributed by atoms with Crippen molar-refractivity contribution in [1.82, 2.24) is 9.88 Å². The van der Waals surface area contributed by atoms with E-state index in [2.05, 4.69) is 20.9 Å². The summed E-state index contributed by atoms with van der Waals surface area (Å²) in [5.74, 6) is 0.616. The van der Waals surface area contributed by atoms with Gasteiger partial charge in [-0.25, -0.2) is 9.78 Å². The Kier molecular flexibility index (Phi) is 5.70. The van der Waals surface area contributed by atoms with Gasteiger partial charge in [0.25, 0.3) is 0 Å². The molecule has 6 nitrogen and oxygen atoms in total. The van der Waals surface area contributed by atoms with E-state index in [4.69, 9.17) is 14.7 Å². The highest BCUT2D eigenvalue weighted by atomic mass is 79.9. The van der Waals surface area contributed by atoms with Crippen molar-refractivity contribution in [3.8, 4) is 11.8 Å². The summed E-state index contributed by atoms with van der Waals surface area (Å²) in [6, 6.07) is 3.71. The van der Waals surface area contributed by atoms with E-state index in [9.17, 15) is 4.79 Å². The maximum absolute atomic E-state index is 12.2. The van der Waals surface area contributed by atoms with Crippen LogP contribution >= 0.6 is 15.9 Å². The molecule has 0 aromatic carbocycles. The zero-order valence-electron chi connectivity index (χ0n) is 14.4. The van der Waals surface area contributed by atoms with Crippen LogP contribution in [-0.2, 0) is 4.74 Å². The molecule has 0 spiro atoms. The summed E-state index contributed by atoms with van der Waals surface area (Å²) in [6.07, 6.45) is 1.26. The number of halogens is 1. The van der Waals surface area contributed by atoms with E-state index in [0.717, 1.165) is 18.4 Å². The monoisotopic (exact) mass is 395 g/mol. The predicted octanol–water partition coefficient (Wildman–Crippen LogP) is 3.80. The van der Waals surface area contributed by atoms with E-state index in [1.165, 1.54) is 0 Å². The van der Waals surface area contributed by atoms with Gasteiger partial charge in [-0.05, 0) is 68.1 Å². The smallest absolute Gasteiger partial charge is 0.410 e. The Morgan fingerprint density at radius 2 is 2.21 bits per heavy atom. The number of hydrogen-bond donors (Lipinski definition) is 0. The molecule has 1 atom stereocenters. The zero-order valence-corrected chi connectivity index (χ0v) is 16.0. The van der Waals surface area contributed by atoms with Crippen molar-refractivity contribution in [2.45, 2.75) is 52.2 Å². The third-order valence-corrected chi connectivity index (χ3v) is 4.08. The minimum absolute atomic E-state index is 0.129. The lowest BCUT2D eigenvalue weighted by Crippen LogP contribution is -2.46. The molecule has 0 saturated carbocycles. The van der Waals surface area contributed by atoms with Crippen molar-refractivity contribution in [3.63, 3.8) is 0 Å². The lowest BCUT2D eigenvalue weighted by molar-refractivity contribution is 0.00756. The summed E-state index contributed by atoms with van der Waals surface area (Å²) >= 11 is 3.36. The lowest BCUT2D eigenvalue weighted by atomic mass is 10.1. The molecular weight excluding hydrogens is 374 g/mol. The number of likely N-dealkylation sites (tertiary alicyclic amines) is 1. The van der Waals surface area contributed by atoms with Crippen LogP contribution in [0, 0.1) is 18.3 Å². The number of pyridine rings is 1. The van der Waals surface area contributed by atoms with Crippen LogP contribution in [0.2, 0.25) is 0 Å². The number of aryl methyl sites for hydroxylation is 1. The molecule has 1 aliphatic heterocycles. The number of carbonyl (C=O) groups excluding carboxylic acids is 1. The first kappa shape index (κ1) is 18.5. The number of amides is 1. The Hall–Kier alpha value is -1.81. The Labute approximate surface area is 150 Å². The highest BCUT2D eigenvalue weighted by Crippen LogP contribution is 2.30. The van der Waals surface area contributed by atoms with E-state index in [0.29, 0.717) is 29.1 Å². The first-order chi connectivity index (χ1) is 11.2. The molecule has 1 amide bonds. The third kappa shape index (κ3) is 4.84. The van der Waals surface area contributed by atoms with Crippen LogP contribution in [0.5, 0.6) is 5.75 Å². The minimum Gasteiger partial charge on any atom is -0.485 e. The van der Waals surface area contributed by atoms with Gasteiger partial charge in [-0.1, -0.05) is 0 Å². The number of nitriles is 1. The summed E-state index contributed by atoms with van der Waals surface area (Å²) < 4.78 is 12.0. The summed E-state index contributed by atoms with van der Waals surface area (Å²) in [7, 11) is 0. The quantitative estimate of drug-likeness (QED) is 0.711. The SMILES string of the molecule is Cc1cc(C#N)nc(Br)c1O[C@H]1CCCN(C(=O)OC(C)(C)C)C1. The molecule has 7 heteroatoms. The largest absolute Gasteiger partial charge is 0.485 e. The highest BCUT2D eigenvalue weighted by molar-refractivity contribution is 9.10. The fourth-order valence-electron chi connectivity index (χ4n) is 2.51. The number of hydrogen-bond acceptors (Lipinski definition) is 5. The zero-order chi connectivity index (χ0) is 17.9. The second-order valence-corrected chi connectivity index (χ2v) is 7.62. The van der Waals surface area contributed by atoms with Gasteiger partial charge in [0.05, 0.1) is 6.54 Å². The fraction of sp³-hybridized carbons (Fsp3) is 0.588. The predicted molar refractivity (Wildman–Crippen MR) is 92.8 cm³/mol. The van der Waals surface area contributed by atoms with E-state index < -0.39 is 5.60 Å². The molecule has 2 heterocycles. The first-order valence-electron chi connectivity index (χ1n) is 7.91. The first-order valence-corrected chi connectivity index (χ1v) is 8.70. The summed E-state index contributed by atoms with van der Waals surface area (Å²) in [6.45, 7) is 8.57. The molecule has 130 valence electrons. The summed E-state index contributed by atoms with van der Waals surface area (Å²) in [5.41, 5.74) is 0.662. The molecule has 1 aliphatic rings. The van der Waals surface area contributed by atoms with Crippen molar-refractivity contribution in [2.24, 2.45) is 0 Å². The van der Waals surface area contributed by atoms with Crippen LogP contribution in [0.25, 0.3) is 0 Å². The Balaban J connectivity index is 2.06. The van der Waals surface area contributed by atoms with E-state index in [1.807, 2.05) is 33.8 Å². The van der Waals surface area contributed by atoms with Gasteiger partial charge in [0.1, 0.15) is 28.1 Å². The van der Waals surface area contributed by atoms with Crippen LogP contribution in [-0.4, -0.2) is 40.8 Å². The molecule has 0 bridgehead atoms. The lowest BCUT2D eigenvalue weighted by Gasteiger charge is -2.34. The van der Waals surface area contributed by atoms with Gasteiger partial charge in [-0.15, -0.1) is 0 Å². The second kappa shape index (κ2) is 7.39. The normalized spacial score (nSPS) is 18.0. The number of aromatic nitrogens is 1. The topological polar surface area (TPSA) is 75.5 Å². The van der Waals surface area contributed by atoms with Crippen molar-refractivity contribution >= 4 is 22.0 Å². The molecule has 2 rings (SSSR count). The standard InChI is InChI=1S/C17H22BrN3O3/c1-11-8-12(9-19)20-15(18)14(11)23-13-6-5-7-21(10-13)16(22)24-17(2,3)4/h8,13H,5-7,10H2,1-4H3/t13-/m0/s1. The average molecular weight is 396 g/mol.